The van der Waals surface area contributed by atoms with Gasteiger partial charge >= 0.3 is 12.0 Å². The zero-order valence-corrected chi connectivity index (χ0v) is 12.9. The molecular weight excluding hydrogens is 268 g/mol. The SMILES string of the molecule is CCC(C)(CNC(=O)NCCc1ccccc1C)C(=O)O. The molecule has 0 aliphatic carbocycles. The van der Waals surface area contributed by atoms with Gasteiger partial charge in [0.25, 0.3) is 0 Å². The van der Waals surface area contributed by atoms with E-state index in [0.29, 0.717) is 13.0 Å². The summed E-state index contributed by atoms with van der Waals surface area (Å²) in [6.07, 6.45) is 1.22. The number of carboxylic acid groups (broad SMARTS) is 1. The number of aryl methyl sites for hydroxylation is 1. The van der Waals surface area contributed by atoms with Crippen molar-refractivity contribution < 1.29 is 14.7 Å². The number of nitrogens with one attached hydrogen (secondary N) is 2. The Morgan fingerprint density at radius 1 is 1.24 bits per heavy atom. The minimum Gasteiger partial charge on any atom is -0.481 e. The molecule has 1 rings (SSSR count). The largest absolute Gasteiger partial charge is 0.481 e. The third-order valence-electron chi connectivity index (χ3n) is 3.88. The zero-order valence-electron chi connectivity index (χ0n) is 12.9. The van der Waals surface area contributed by atoms with Crippen molar-refractivity contribution in [1.29, 1.82) is 0 Å². The summed E-state index contributed by atoms with van der Waals surface area (Å²) in [4.78, 5) is 22.8. The first-order valence-corrected chi connectivity index (χ1v) is 7.18. The third kappa shape index (κ3) is 5.10. The fourth-order valence-electron chi connectivity index (χ4n) is 1.89. The number of carbonyl (C=O) groups excluding carboxylic acids is 1. The van der Waals surface area contributed by atoms with Gasteiger partial charge in [-0.05, 0) is 37.8 Å². The normalized spacial score (nSPS) is 13.3. The van der Waals surface area contributed by atoms with Crippen LogP contribution in [-0.4, -0.2) is 30.2 Å². The highest BCUT2D eigenvalue weighted by Gasteiger charge is 2.31. The average molecular weight is 292 g/mol. The van der Waals surface area contributed by atoms with E-state index in [0.717, 1.165) is 6.42 Å². The molecular formula is C16H24N2O3. The molecule has 116 valence electrons. The summed E-state index contributed by atoms with van der Waals surface area (Å²) in [5.41, 5.74) is 1.47. The number of carboxylic acids is 1. The second-order valence-corrected chi connectivity index (χ2v) is 5.51. The van der Waals surface area contributed by atoms with Crippen molar-refractivity contribution in [2.45, 2.75) is 33.6 Å². The smallest absolute Gasteiger partial charge is 0.314 e. The molecule has 0 bridgehead atoms. The van der Waals surface area contributed by atoms with Gasteiger partial charge in [-0.25, -0.2) is 4.79 Å². The number of benzene rings is 1. The van der Waals surface area contributed by atoms with Crippen LogP contribution >= 0.6 is 0 Å². The summed E-state index contributed by atoms with van der Waals surface area (Å²) < 4.78 is 0. The van der Waals surface area contributed by atoms with E-state index in [9.17, 15) is 9.59 Å². The molecule has 1 unspecified atom stereocenters. The minimum atomic E-state index is -0.923. The number of rotatable bonds is 7. The highest BCUT2D eigenvalue weighted by molar-refractivity contribution is 5.77. The Labute approximate surface area is 125 Å². The lowest BCUT2D eigenvalue weighted by atomic mass is 9.88. The van der Waals surface area contributed by atoms with E-state index >= 15 is 0 Å². The zero-order chi connectivity index (χ0) is 15.9. The van der Waals surface area contributed by atoms with Gasteiger partial charge in [-0.1, -0.05) is 31.2 Å². The van der Waals surface area contributed by atoms with E-state index in [1.54, 1.807) is 13.8 Å². The molecule has 0 saturated carbocycles. The molecule has 5 heteroatoms. The minimum absolute atomic E-state index is 0.120. The Morgan fingerprint density at radius 2 is 1.90 bits per heavy atom. The van der Waals surface area contributed by atoms with Crippen molar-refractivity contribution in [3.05, 3.63) is 35.4 Å². The molecule has 3 N–H and O–H groups in total. The number of aliphatic carboxylic acids is 1. The molecule has 1 aromatic carbocycles. The molecule has 5 nitrogen and oxygen atoms in total. The van der Waals surface area contributed by atoms with Crippen molar-refractivity contribution in [2.75, 3.05) is 13.1 Å². The van der Waals surface area contributed by atoms with Crippen molar-refractivity contribution >= 4 is 12.0 Å². The molecule has 0 aliphatic rings. The van der Waals surface area contributed by atoms with E-state index in [2.05, 4.69) is 10.6 Å². The number of hydrogen-bond donors (Lipinski definition) is 3. The Balaban J connectivity index is 2.35. The summed E-state index contributed by atoms with van der Waals surface area (Å²) in [6.45, 7) is 6.10. The summed E-state index contributed by atoms with van der Waals surface area (Å²) in [6, 6.07) is 7.70. The van der Waals surface area contributed by atoms with Crippen LogP contribution in [-0.2, 0) is 11.2 Å². The molecule has 0 fully saturated rings. The lowest BCUT2D eigenvalue weighted by Gasteiger charge is -2.23. The molecule has 1 aromatic rings. The molecule has 0 saturated heterocycles. The second-order valence-electron chi connectivity index (χ2n) is 5.51. The summed E-state index contributed by atoms with van der Waals surface area (Å²) in [7, 11) is 0. The van der Waals surface area contributed by atoms with E-state index in [-0.39, 0.29) is 12.6 Å². The molecule has 0 aliphatic heterocycles. The lowest BCUT2D eigenvalue weighted by molar-refractivity contribution is -0.147. The van der Waals surface area contributed by atoms with Gasteiger partial charge in [0.05, 0.1) is 5.41 Å². The third-order valence-corrected chi connectivity index (χ3v) is 3.88. The monoisotopic (exact) mass is 292 g/mol. The first-order chi connectivity index (χ1) is 9.89. The van der Waals surface area contributed by atoms with Crippen molar-refractivity contribution in [3.63, 3.8) is 0 Å². The van der Waals surface area contributed by atoms with Crippen LogP contribution < -0.4 is 10.6 Å². The maximum Gasteiger partial charge on any atom is 0.314 e. The molecule has 0 spiro atoms. The maximum absolute atomic E-state index is 11.7. The van der Waals surface area contributed by atoms with Crippen molar-refractivity contribution in [1.82, 2.24) is 10.6 Å². The average Bonchev–Trinajstić information content (AvgIpc) is 2.46. The van der Waals surface area contributed by atoms with Crippen LogP contribution in [0.15, 0.2) is 24.3 Å². The van der Waals surface area contributed by atoms with Crippen molar-refractivity contribution in [2.24, 2.45) is 5.41 Å². The standard InChI is InChI=1S/C16H24N2O3/c1-4-16(3,14(19)20)11-18-15(21)17-10-9-13-8-6-5-7-12(13)2/h5-8H,4,9-11H2,1-3H3,(H,19,20)(H2,17,18,21). The lowest BCUT2D eigenvalue weighted by Crippen LogP contribution is -2.45. The highest BCUT2D eigenvalue weighted by atomic mass is 16.4. The van der Waals surface area contributed by atoms with Gasteiger partial charge in [-0.2, -0.15) is 0 Å². The molecule has 0 heterocycles. The first-order valence-electron chi connectivity index (χ1n) is 7.18. The van der Waals surface area contributed by atoms with E-state index in [1.165, 1.54) is 11.1 Å². The van der Waals surface area contributed by atoms with Crippen LogP contribution in [0.4, 0.5) is 4.79 Å². The topological polar surface area (TPSA) is 78.4 Å². The van der Waals surface area contributed by atoms with Crippen LogP contribution in [0, 0.1) is 12.3 Å². The van der Waals surface area contributed by atoms with E-state index in [4.69, 9.17) is 5.11 Å². The fourth-order valence-corrected chi connectivity index (χ4v) is 1.89. The Kier molecular flexibility index (Phi) is 6.21. The number of carbonyl (C=O) groups is 2. The van der Waals surface area contributed by atoms with Gasteiger partial charge in [0.15, 0.2) is 0 Å². The van der Waals surface area contributed by atoms with Gasteiger partial charge in [0.1, 0.15) is 0 Å². The van der Waals surface area contributed by atoms with Gasteiger partial charge < -0.3 is 15.7 Å². The Hall–Kier alpha value is -2.04. The molecule has 21 heavy (non-hydrogen) atoms. The van der Waals surface area contributed by atoms with E-state index < -0.39 is 11.4 Å². The van der Waals surface area contributed by atoms with Crippen LogP contribution in [0.5, 0.6) is 0 Å². The predicted octanol–water partition coefficient (Wildman–Crippen LogP) is 2.34. The van der Waals surface area contributed by atoms with Crippen molar-refractivity contribution in [3.8, 4) is 0 Å². The Morgan fingerprint density at radius 3 is 2.48 bits per heavy atom. The fraction of sp³-hybridized carbons (Fsp3) is 0.500. The molecule has 0 aromatic heterocycles. The van der Waals surface area contributed by atoms with Gasteiger partial charge in [0, 0.05) is 13.1 Å². The summed E-state index contributed by atoms with van der Waals surface area (Å²) in [5.74, 6) is -0.898. The van der Waals surface area contributed by atoms with Crippen LogP contribution in [0.3, 0.4) is 0 Å². The molecule has 0 radical (unpaired) electrons. The number of hydrogen-bond acceptors (Lipinski definition) is 2. The summed E-state index contributed by atoms with van der Waals surface area (Å²) in [5, 5.41) is 14.5. The maximum atomic E-state index is 11.7. The van der Waals surface area contributed by atoms with Crippen LogP contribution in [0.2, 0.25) is 0 Å². The molecule has 2 amide bonds. The van der Waals surface area contributed by atoms with Gasteiger partial charge in [-0.3, -0.25) is 4.79 Å². The summed E-state index contributed by atoms with van der Waals surface area (Å²) >= 11 is 0. The van der Waals surface area contributed by atoms with E-state index in [1.807, 2.05) is 31.2 Å². The quantitative estimate of drug-likeness (QED) is 0.721. The number of amides is 2. The second kappa shape index (κ2) is 7.67. The predicted molar refractivity (Wildman–Crippen MR) is 82.3 cm³/mol. The Bertz CT molecular complexity index is 502. The molecule has 1 atom stereocenters. The van der Waals surface area contributed by atoms with Crippen LogP contribution in [0.25, 0.3) is 0 Å². The van der Waals surface area contributed by atoms with Gasteiger partial charge in [0.2, 0.25) is 0 Å². The highest BCUT2D eigenvalue weighted by Crippen LogP contribution is 2.19. The number of urea groups is 1. The van der Waals surface area contributed by atoms with Crippen LogP contribution in [0.1, 0.15) is 31.4 Å². The van der Waals surface area contributed by atoms with Gasteiger partial charge in [-0.15, -0.1) is 0 Å². The first kappa shape index (κ1) is 17.0.